The Labute approximate surface area is 81.0 Å². The van der Waals surface area contributed by atoms with E-state index in [1.54, 1.807) is 13.2 Å². The molecule has 1 N–H and O–H groups in total. The van der Waals surface area contributed by atoms with Crippen molar-refractivity contribution >= 4 is 0 Å². The summed E-state index contributed by atoms with van der Waals surface area (Å²) in [5.41, 5.74) is 2.09. The van der Waals surface area contributed by atoms with Crippen molar-refractivity contribution in [2.75, 3.05) is 14.2 Å². The molecular weight excluding hydrogens is 162 g/mol. The molecule has 0 unspecified atom stereocenters. The minimum absolute atomic E-state index is 0.909. The third kappa shape index (κ3) is 3.36. The van der Waals surface area contributed by atoms with Gasteiger partial charge in [0.2, 0.25) is 0 Å². The van der Waals surface area contributed by atoms with Gasteiger partial charge in [-0.05, 0) is 25.5 Å². The van der Waals surface area contributed by atoms with E-state index in [4.69, 9.17) is 4.74 Å². The lowest BCUT2D eigenvalue weighted by molar-refractivity contribution is 0.298. The van der Waals surface area contributed by atoms with Crippen molar-refractivity contribution in [1.29, 1.82) is 0 Å². The number of methoxy groups -OCH3 is 1. The van der Waals surface area contributed by atoms with Crippen LogP contribution in [0.1, 0.15) is 20.3 Å². The molecule has 0 saturated heterocycles. The van der Waals surface area contributed by atoms with E-state index in [9.17, 15) is 0 Å². The molecule has 0 atom stereocenters. The minimum Gasteiger partial charge on any atom is -0.497 e. The molecule has 0 bridgehead atoms. The first-order valence-electron chi connectivity index (χ1n) is 4.46. The Hall–Kier alpha value is -1.18. The average molecular weight is 181 g/mol. The fourth-order valence-electron chi connectivity index (χ4n) is 1.15. The van der Waals surface area contributed by atoms with Crippen molar-refractivity contribution < 1.29 is 4.74 Å². The minimum atomic E-state index is 0.909. The molecule has 0 heterocycles. The van der Waals surface area contributed by atoms with E-state index in [0.717, 1.165) is 23.5 Å². The third-order valence-corrected chi connectivity index (χ3v) is 1.86. The summed E-state index contributed by atoms with van der Waals surface area (Å²) in [4.78, 5) is 0. The number of ether oxygens (including phenoxy) is 1. The van der Waals surface area contributed by atoms with Crippen LogP contribution in [0.5, 0.6) is 0 Å². The Morgan fingerprint density at radius 1 is 1.54 bits per heavy atom. The molecule has 0 rings (SSSR count). The Bertz CT molecular complexity index is 226. The summed E-state index contributed by atoms with van der Waals surface area (Å²) >= 11 is 0. The number of hydrogen-bond donors (Lipinski definition) is 1. The van der Waals surface area contributed by atoms with Crippen molar-refractivity contribution in [3.63, 3.8) is 0 Å². The molecule has 0 aliphatic rings. The topological polar surface area (TPSA) is 21.3 Å². The predicted molar refractivity (Wildman–Crippen MR) is 57.3 cm³/mol. The molecule has 0 spiro atoms. The zero-order chi connectivity index (χ0) is 10.3. The Kier molecular flexibility index (Phi) is 5.77. The summed E-state index contributed by atoms with van der Waals surface area (Å²) in [6.07, 6.45) is 4.81. The second-order valence-electron chi connectivity index (χ2n) is 2.67. The molecule has 0 aliphatic heterocycles. The van der Waals surface area contributed by atoms with Gasteiger partial charge in [-0.25, -0.2) is 0 Å². The van der Waals surface area contributed by atoms with Crippen LogP contribution in [-0.4, -0.2) is 14.2 Å². The largest absolute Gasteiger partial charge is 0.497 e. The van der Waals surface area contributed by atoms with Crippen LogP contribution in [0.15, 0.2) is 35.8 Å². The molecule has 0 aromatic heterocycles. The van der Waals surface area contributed by atoms with E-state index in [0.29, 0.717) is 0 Å². The van der Waals surface area contributed by atoms with Gasteiger partial charge in [0.1, 0.15) is 5.76 Å². The summed E-state index contributed by atoms with van der Waals surface area (Å²) < 4.78 is 5.25. The fraction of sp³-hybridized carbons (Fsp3) is 0.455. The van der Waals surface area contributed by atoms with E-state index in [2.05, 4.69) is 24.9 Å². The molecule has 0 saturated carbocycles. The number of rotatable bonds is 5. The van der Waals surface area contributed by atoms with Crippen LogP contribution in [0.25, 0.3) is 0 Å². The second-order valence-corrected chi connectivity index (χ2v) is 2.67. The first-order chi connectivity index (χ1) is 6.21. The van der Waals surface area contributed by atoms with Gasteiger partial charge >= 0.3 is 0 Å². The quantitative estimate of drug-likeness (QED) is 0.520. The monoisotopic (exact) mass is 181 g/mol. The van der Waals surface area contributed by atoms with Crippen LogP contribution in [-0.2, 0) is 4.74 Å². The number of allylic oxidation sites excluding steroid dienone is 3. The highest BCUT2D eigenvalue weighted by molar-refractivity contribution is 5.33. The van der Waals surface area contributed by atoms with E-state index in [1.165, 1.54) is 0 Å². The first-order valence-corrected chi connectivity index (χ1v) is 4.46. The van der Waals surface area contributed by atoms with Crippen molar-refractivity contribution in [1.82, 2.24) is 5.32 Å². The molecule has 0 aliphatic carbocycles. The lowest BCUT2D eigenvalue weighted by Gasteiger charge is -2.10. The third-order valence-electron chi connectivity index (χ3n) is 1.86. The van der Waals surface area contributed by atoms with Gasteiger partial charge < -0.3 is 10.1 Å². The SMILES string of the molecule is C=C/C(NC)=C(C)\C(=C/CC)OC. The normalized spacial score (nSPS) is 13.4. The Balaban J connectivity index is 4.89. The molecule has 0 amide bonds. The van der Waals surface area contributed by atoms with Crippen molar-refractivity contribution in [3.05, 3.63) is 35.8 Å². The van der Waals surface area contributed by atoms with Crippen LogP contribution in [0, 0.1) is 0 Å². The summed E-state index contributed by atoms with van der Waals surface area (Å²) in [6.45, 7) is 7.82. The van der Waals surface area contributed by atoms with Gasteiger partial charge in [-0.3, -0.25) is 0 Å². The summed E-state index contributed by atoms with van der Waals surface area (Å²) in [7, 11) is 3.56. The second kappa shape index (κ2) is 6.35. The van der Waals surface area contributed by atoms with Gasteiger partial charge in [0.05, 0.1) is 7.11 Å². The molecule has 0 aromatic rings. The highest BCUT2D eigenvalue weighted by Crippen LogP contribution is 2.14. The molecule has 2 nitrogen and oxygen atoms in total. The average Bonchev–Trinajstić information content (AvgIpc) is 2.15. The molecular formula is C11H19NO. The number of hydrogen-bond acceptors (Lipinski definition) is 2. The molecule has 74 valence electrons. The summed E-state index contributed by atoms with van der Waals surface area (Å²) in [6, 6.07) is 0. The first kappa shape index (κ1) is 11.8. The lowest BCUT2D eigenvalue weighted by atomic mass is 10.1. The van der Waals surface area contributed by atoms with Crippen LogP contribution in [0.4, 0.5) is 0 Å². The van der Waals surface area contributed by atoms with Crippen LogP contribution in [0.2, 0.25) is 0 Å². The summed E-state index contributed by atoms with van der Waals surface area (Å²) in [5.74, 6) is 0.909. The maximum Gasteiger partial charge on any atom is 0.119 e. The van der Waals surface area contributed by atoms with Crippen molar-refractivity contribution in [2.45, 2.75) is 20.3 Å². The molecule has 13 heavy (non-hydrogen) atoms. The van der Waals surface area contributed by atoms with E-state index in [1.807, 2.05) is 14.0 Å². The van der Waals surface area contributed by atoms with Crippen LogP contribution < -0.4 is 5.32 Å². The number of likely N-dealkylation sites (N-methyl/N-ethyl adjacent to an activating group) is 1. The highest BCUT2D eigenvalue weighted by Gasteiger charge is 2.02. The molecule has 2 heteroatoms. The van der Waals surface area contributed by atoms with Gasteiger partial charge in [-0.1, -0.05) is 13.5 Å². The van der Waals surface area contributed by atoms with Crippen molar-refractivity contribution in [2.24, 2.45) is 0 Å². The fourth-order valence-corrected chi connectivity index (χ4v) is 1.15. The zero-order valence-corrected chi connectivity index (χ0v) is 8.98. The van der Waals surface area contributed by atoms with Gasteiger partial charge in [0, 0.05) is 18.3 Å². The Morgan fingerprint density at radius 3 is 2.46 bits per heavy atom. The number of nitrogens with one attached hydrogen (secondary N) is 1. The van der Waals surface area contributed by atoms with Gasteiger partial charge in [-0.15, -0.1) is 0 Å². The standard InChI is InChI=1S/C11H19NO/c1-6-8-11(13-5)9(3)10(7-2)12-4/h7-8,12H,2,6H2,1,3-5H3/b10-9+,11-8+. The molecule has 0 radical (unpaired) electrons. The van der Waals surface area contributed by atoms with Crippen LogP contribution in [0.3, 0.4) is 0 Å². The van der Waals surface area contributed by atoms with Crippen LogP contribution >= 0.6 is 0 Å². The lowest BCUT2D eigenvalue weighted by Crippen LogP contribution is -2.07. The van der Waals surface area contributed by atoms with Gasteiger partial charge in [-0.2, -0.15) is 0 Å². The summed E-state index contributed by atoms with van der Waals surface area (Å²) in [5, 5.41) is 3.07. The maximum atomic E-state index is 5.25. The predicted octanol–water partition coefficient (Wildman–Crippen LogP) is 2.61. The van der Waals surface area contributed by atoms with E-state index < -0.39 is 0 Å². The van der Waals surface area contributed by atoms with E-state index in [-0.39, 0.29) is 0 Å². The molecule has 0 fully saturated rings. The highest BCUT2D eigenvalue weighted by atomic mass is 16.5. The molecule has 0 aromatic carbocycles. The van der Waals surface area contributed by atoms with E-state index >= 15 is 0 Å². The van der Waals surface area contributed by atoms with Gasteiger partial charge in [0.15, 0.2) is 0 Å². The zero-order valence-electron chi connectivity index (χ0n) is 8.98. The maximum absolute atomic E-state index is 5.25. The van der Waals surface area contributed by atoms with Crippen molar-refractivity contribution in [3.8, 4) is 0 Å². The van der Waals surface area contributed by atoms with Gasteiger partial charge in [0.25, 0.3) is 0 Å². The Morgan fingerprint density at radius 2 is 2.15 bits per heavy atom. The smallest absolute Gasteiger partial charge is 0.119 e.